The minimum atomic E-state index is -0.102. The molecule has 2 aromatic heterocycles. The van der Waals surface area contributed by atoms with Crippen LogP contribution < -0.4 is 16.6 Å². The van der Waals surface area contributed by atoms with Gasteiger partial charge in [-0.25, -0.2) is 4.98 Å². The van der Waals surface area contributed by atoms with Gasteiger partial charge in [-0.1, -0.05) is 38.1 Å². The lowest BCUT2D eigenvalue weighted by molar-refractivity contribution is 1.38. The van der Waals surface area contributed by atoms with Crippen molar-refractivity contribution in [1.29, 1.82) is 5.26 Å². The van der Waals surface area contributed by atoms with E-state index in [-0.39, 0.29) is 25.7 Å². The Balaban J connectivity index is 0.000000264. The molecule has 0 aliphatic rings. The van der Waals surface area contributed by atoms with Crippen molar-refractivity contribution in [2.24, 2.45) is 0 Å². The minimum absolute atomic E-state index is 0. The van der Waals surface area contributed by atoms with E-state index in [2.05, 4.69) is 25.9 Å². The van der Waals surface area contributed by atoms with E-state index in [9.17, 15) is 9.59 Å². The Kier molecular flexibility index (Phi) is 12.2. The third-order valence-corrected chi connectivity index (χ3v) is 7.20. The van der Waals surface area contributed by atoms with Crippen LogP contribution in [0.3, 0.4) is 0 Å². The molecule has 6 nitrogen and oxygen atoms in total. The molecule has 2 N–H and O–H groups in total. The molecule has 0 saturated heterocycles. The first kappa shape index (κ1) is 35.1. The number of halogens is 3. The molecule has 6 aromatic rings. The number of aromatic nitrogens is 2. The first-order valence-corrected chi connectivity index (χ1v) is 13.9. The molecule has 2 heterocycles. The predicted octanol–water partition coefficient (Wildman–Crippen LogP) is 9.57. The molecule has 0 spiro atoms. The lowest BCUT2D eigenvalue weighted by Gasteiger charge is -1.96. The van der Waals surface area contributed by atoms with Gasteiger partial charge in [0.2, 0.25) is 10.9 Å². The molecule has 9 heteroatoms. The van der Waals surface area contributed by atoms with Gasteiger partial charge in [0.25, 0.3) is 0 Å². The van der Waals surface area contributed by atoms with E-state index in [0.29, 0.717) is 37.5 Å². The highest BCUT2D eigenvalue weighted by Gasteiger charge is 2.08. The number of fused-ring (bicyclic) bond motifs is 4. The summed E-state index contributed by atoms with van der Waals surface area (Å²) in [6.45, 7) is 5.35. The second-order valence-corrected chi connectivity index (χ2v) is 11.0. The van der Waals surface area contributed by atoms with Crippen molar-refractivity contribution >= 4 is 88.2 Å². The van der Waals surface area contributed by atoms with Gasteiger partial charge in [-0.05, 0) is 112 Å². The third-order valence-electron chi connectivity index (χ3n) is 6.30. The lowest BCUT2D eigenvalue weighted by atomic mass is 10.1. The maximum Gasteiger partial charge on any atom is 0.212 e. The lowest BCUT2D eigenvalue weighted by Crippen LogP contribution is -2.01. The molecule has 0 unspecified atom stereocenters. The van der Waals surface area contributed by atoms with Crippen molar-refractivity contribution in [1.82, 2.24) is 9.97 Å². The predicted molar refractivity (Wildman–Crippen MR) is 187 cm³/mol. The first-order valence-electron chi connectivity index (χ1n) is 12.3. The number of hydrogen-bond donors (Lipinski definition) is 1. The van der Waals surface area contributed by atoms with E-state index < -0.39 is 0 Å². The fraction of sp³-hybridized carbons (Fsp3) is 0.147. The Morgan fingerprint density at radius 1 is 0.721 bits per heavy atom. The fourth-order valence-electron chi connectivity index (χ4n) is 4.51. The summed E-state index contributed by atoms with van der Waals surface area (Å²) < 4.78 is 0.854. The molecule has 0 atom stereocenters. The molecular formula is C34H31BrCl2N4O2. The van der Waals surface area contributed by atoms with Crippen molar-refractivity contribution < 1.29 is 0 Å². The summed E-state index contributed by atoms with van der Waals surface area (Å²) in [5, 5.41) is 13.1. The first-order chi connectivity index (χ1) is 19.5. The molecule has 4 aromatic carbocycles. The van der Waals surface area contributed by atoms with Crippen LogP contribution >= 0.6 is 39.1 Å². The summed E-state index contributed by atoms with van der Waals surface area (Å²) in [4.78, 5) is 33.5. The van der Waals surface area contributed by atoms with E-state index in [4.69, 9.17) is 34.2 Å². The van der Waals surface area contributed by atoms with Gasteiger partial charge in [-0.15, -0.1) is 0 Å². The highest BCUT2D eigenvalue weighted by molar-refractivity contribution is 9.10. The summed E-state index contributed by atoms with van der Waals surface area (Å²) in [6.07, 6.45) is 3.14. The second kappa shape index (κ2) is 14.9. The van der Waals surface area contributed by atoms with E-state index >= 15 is 0 Å². The molecule has 0 amide bonds. The average molecular weight is 678 g/mol. The van der Waals surface area contributed by atoms with Crippen LogP contribution in [0.15, 0.2) is 87.1 Å². The quantitative estimate of drug-likeness (QED) is 0.171. The van der Waals surface area contributed by atoms with E-state index in [1.54, 1.807) is 48.7 Å². The van der Waals surface area contributed by atoms with Crippen LogP contribution in [0.2, 0.25) is 10.0 Å². The van der Waals surface area contributed by atoms with Crippen molar-refractivity contribution in [2.75, 3.05) is 5.73 Å². The number of nitriles is 1. The zero-order chi connectivity index (χ0) is 29.8. The van der Waals surface area contributed by atoms with E-state index in [0.717, 1.165) is 37.1 Å². The van der Waals surface area contributed by atoms with Gasteiger partial charge in [-0.2, -0.15) is 5.26 Å². The summed E-state index contributed by atoms with van der Waals surface area (Å²) in [5.41, 5.74) is 8.98. The summed E-state index contributed by atoms with van der Waals surface area (Å²) in [7, 11) is 0. The molecule has 0 aliphatic heterocycles. The largest absolute Gasteiger partial charge is 0.397 e. The SMILES string of the molecule is C.C.CC#N.Cc1cc2cc(Br)cnc2c(=O)c2ccc(Cl)cc12.Cc1cc2cc(N)cnc2c(=O)c2ccc(Cl)cc12. The molecule has 6 rings (SSSR count). The van der Waals surface area contributed by atoms with Crippen LogP contribution in [-0.4, -0.2) is 9.97 Å². The molecule has 0 saturated carbocycles. The van der Waals surface area contributed by atoms with Crippen molar-refractivity contribution in [2.45, 2.75) is 35.6 Å². The van der Waals surface area contributed by atoms with Gasteiger partial charge >= 0.3 is 0 Å². The molecule has 0 bridgehead atoms. The summed E-state index contributed by atoms with van der Waals surface area (Å²) in [5.74, 6) is 0. The van der Waals surface area contributed by atoms with Crippen molar-refractivity contribution in [3.05, 3.63) is 119 Å². The van der Waals surface area contributed by atoms with Crippen molar-refractivity contribution in [3.8, 4) is 6.07 Å². The number of anilines is 1. The molecule has 0 radical (unpaired) electrons. The molecule has 0 fully saturated rings. The van der Waals surface area contributed by atoms with Gasteiger partial charge in [0, 0.05) is 49.2 Å². The topological polar surface area (TPSA) is 110 Å². The van der Waals surface area contributed by atoms with Gasteiger partial charge in [0.1, 0.15) is 11.0 Å². The smallest absolute Gasteiger partial charge is 0.212 e. The Morgan fingerprint density at radius 2 is 1.14 bits per heavy atom. The van der Waals surface area contributed by atoms with Gasteiger partial charge in [0.05, 0.1) is 18.0 Å². The average Bonchev–Trinajstić information content (AvgIpc) is 3.09. The van der Waals surface area contributed by atoms with Gasteiger partial charge in [-0.3, -0.25) is 14.6 Å². The number of nitrogen functional groups attached to an aromatic ring is 1. The van der Waals surface area contributed by atoms with Gasteiger partial charge < -0.3 is 5.73 Å². The zero-order valence-electron chi connectivity index (χ0n) is 22.3. The Bertz CT molecular complexity index is 2000. The van der Waals surface area contributed by atoms with E-state index in [1.165, 1.54) is 13.1 Å². The number of rotatable bonds is 0. The third kappa shape index (κ3) is 7.66. The maximum absolute atomic E-state index is 12.5. The Labute approximate surface area is 268 Å². The minimum Gasteiger partial charge on any atom is -0.397 e. The van der Waals surface area contributed by atoms with Crippen molar-refractivity contribution in [3.63, 3.8) is 0 Å². The van der Waals surface area contributed by atoms with Crippen LogP contribution in [0.4, 0.5) is 5.69 Å². The van der Waals surface area contributed by atoms with Crippen LogP contribution in [0.1, 0.15) is 32.9 Å². The standard InChI is InChI=1S/C15H9BrClNO.C15H11ClN2O.C2H3N.2CH4/c1-8-4-9-5-10(16)7-18-14(9)15(19)12-3-2-11(17)6-13(8)12;1-8-4-9-5-11(17)7-18-14(9)15(19)12-3-2-10(16)6-13(8)12;1-2-3;;/h2-7H,1H3;2-7H,17H2,1H3;1H3;2*1H4. The number of benzene rings is 2. The molecule has 0 aliphatic carbocycles. The highest BCUT2D eigenvalue weighted by atomic mass is 79.9. The fourth-order valence-corrected chi connectivity index (χ4v) is 5.21. The van der Waals surface area contributed by atoms with Crippen LogP contribution in [0, 0.1) is 25.2 Å². The number of nitrogens with zero attached hydrogens (tertiary/aromatic N) is 3. The second-order valence-electron chi connectivity index (χ2n) is 9.21. The molecule has 220 valence electrons. The monoisotopic (exact) mass is 676 g/mol. The summed E-state index contributed by atoms with van der Waals surface area (Å²) >= 11 is 15.4. The van der Waals surface area contributed by atoms with Crippen LogP contribution in [0.5, 0.6) is 0 Å². The van der Waals surface area contributed by atoms with Crippen LogP contribution in [0.25, 0.3) is 43.4 Å². The number of aryl methyl sites for hydroxylation is 2. The number of pyridine rings is 2. The molecular weight excluding hydrogens is 647 g/mol. The maximum atomic E-state index is 12.5. The normalized spacial score (nSPS) is 9.98. The number of nitrogens with two attached hydrogens (primary N) is 1. The summed E-state index contributed by atoms with van der Waals surface area (Å²) in [6, 6.07) is 19.9. The zero-order valence-corrected chi connectivity index (χ0v) is 25.4. The van der Waals surface area contributed by atoms with E-state index in [1.807, 2.05) is 38.1 Å². The number of hydrogen-bond acceptors (Lipinski definition) is 6. The van der Waals surface area contributed by atoms with Crippen LogP contribution in [-0.2, 0) is 0 Å². The Morgan fingerprint density at radius 3 is 1.60 bits per heavy atom. The Hall–Kier alpha value is -4.09. The highest BCUT2D eigenvalue weighted by Crippen LogP contribution is 2.24. The molecule has 43 heavy (non-hydrogen) atoms. The van der Waals surface area contributed by atoms with Gasteiger partial charge in [0.15, 0.2) is 0 Å².